The third-order valence-electron chi connectivity index (χ3n) is 4.17. The van der Waals surface area contributed by atoms with Gasteiger partial charge < -0.3 is 15.2 Å². The normalized spacial score (nSPS) is 11.1. The van der Waals surface area contributed by atoms with E-state index in [1.54, 1.807) is 25.2 Å². The summed E-state index contributed by atoms with van der Waals surface area (Å²) in [6.07, 6.45) is 0.756. The van der Waals surface area contributed by atoms with Crippen molar-refractivity contribution in [1.29, 1.82) is 0 Å². The fraction of sp³-hybridized carbons (Fsp3) is 0.250. The van der Waals surface area contributed by atoms with Crippen molar-refractivity contribution in [2.75, 3.05) is 13.6 Å². The molecule has 6 nitrogen and oxygen atoms in total. The predicted molar refractivity (Wildman–Crippen MR) is 123 cm³/mol. The van der Waals surface area contributed by atoms with Crippen molar-refractivity contribution in [3.05, 3.63) is 70.3 Å². The van der Waals surface area contributed by atoms with Gasteiger partial charge in [-0.25, -0.2) is 4.39 Å². The van der Waals surface area contributed by atoms with Crippen molar-refractivity contribution in [3.63, 3.8) is 0 Å². The summed E-state index contributed by atoms with van der Waals surface area (Å²) >= 11 is 5.99. The third kappa shape index (κ3) is 6.67. The van der Waals surface area contributed by atoms with Crippen molar-refractivity contribution in [2.24, 2.45) is 4.99 Å². The first-order chi connectivity index (χ1) is 13.5. The summed E-state index contributed by atoms with van der Waals surface area (Å²) in [7, 11) is 1.68. The lowest BCUT2D eigenvalue weighted by atomic mass is 10.1. The third-order valence-corrected chi connectivity index (χ3v) is 4.41. The summed E-state index contributed by atoms with van der Waals surface area (Å²) in [5, 5.41) is 10.9. The summed E-state index contributed by atoms with van der Waals surface area (Å²) in [5.74, 6) is 1.31. The Morgan fingerprint density at radius 3 is 2.76 bits per heavy atom. The molecule has 2 aromatic carbocycles. The van der Waals surface area contributed by atoms with Crippen molar-refractivity contribution in [2.45, 2.75) is 19.9 Å². The molecule has 1 aromatic heterocycles. The van der Waals surface area contributed by atoms with Gasteiger partial charge in [0.25, 0.3) is 0 Å². The monoisotopic (exact) mass is 529 g/mol. The molecule has 0 aliphatic carbocycles. The molecule has 0 saturated carbocycles. The van der Waals surface area contributed by atoms with Gasteiger partial charge in [-0.1, -0.05) is 35.0 Å². The zero-order chi connectivity index (χ0) is 19.9. The maximum absolute atomic E-state index is 13.2. The molecule has 0 bridgehead atoms. The van der Waals surface area contributed by atoms with Crippen molar-refractivity contribution >= 4 is 41.5 Å². The molecule has 1 heterocycles. The Labute approximate surface area is 191 Å². The Kier molecular flexibility index (Phi) is 8.84. The van der Waals surface area contributed by atoms with Crippen LogP contribution in [0.15, 0.2) is 52.0 Å². The minimum atomic E-state index is -0.219. The molecule has 9 heteroatoms. The van der Waals surface area contributed by atoms with Crippen LogP contribution in [-0.4, -0.2) is 29.7 Å². The number of nitrogens with zero attached hydrogens (tertiary/aromatic N) is 3. The first-order valence-corrected chi connectivity index (χ1v) is 9.21. The van der Waals surface area contributed by atoms with Gasteiger partial charge in [0.15, 0.2) is 5.96 Å². The van der Waals surface area contributed by atoms with E-state index in [9.17, 15) is 4.39 Å². The Morgan fingerprint density at radius 1 is 1.21 bits per heavy atom. The first kappa shape index (κ1) is 23.1. The molecule has 3 aromatic rings. The molecule has 0 radical (unpaired) electrons. The average molecular weight is 530 g/mol. The van der Waals surface area contributed by atoms with E-state index in [1.807, 2.05) is 19.1 Å². The SMILES string of the molecule is CN=C(NCCc1ccc(F)cc1C)NCc1nc(-c2cccc(Cl)c2)no1.I. The van der Waals surface area contributed by atoms with E-state index in [0.717, 1.165) is 23.1 Å². The minimum absolute atomic E-state index is 0. The van der Waals surface area contributed by atoms with Gasteiger partial charge in [-0.15, -0.1) is 24.0 Å². The number of benzene rings is 2. The Balaban J connectivity index is 0.00000300. The van der Waals surface area contributed by atoms with Gasteiger partial charge in [0.1, 0.15) is 5.82 Å². The minimum Gasteiger partial charge on any atom is -0.356 e. The van der Waals surface area contributed by atoms with Gasteiger partial charge in [-0.2, -0.15) is 4.98 Å². The summed E-state index contributed by atoms with van der Waals surface area (Å²) in [6, 6.07) is 12.1. The molecule has 2 N–H and O–H groups in total. The first-order valence-electron chi connectivity index (χ1n) is 8.83. The molecule has 0 saturated heterocycles. The van der Waals surface area contributed by atoms with Crippen LogP contribution < -0.4 is 10.6 Å². The van der Waals surface area contributed by atoms with Gasteiger partial charge in [0.05, 0.1) is 6.54 Å². The summed E-state index contributed by atoms with van der Waals surface area (Å²) in [6.45, 7) is 2.89. The standard InChI is InChI=1S/C20H21ClFN5O.HI/c1-13-10-17(22)7-6-14(13)8-9-24-20(23-2)25-12-18-26-19(27-28-18)15-4-3-5-16(21)11-15;/h3-7,10-11H,8-9,12H2,1-2H3,(H2,23,24,25);1H. The van der Waals surface area contributed by atoms with Crippen molar-refractivity contribution in [1.82, 2.24) is 20.8 Å². The number of aliphatic imine (C=N–C) groups is 1. The summed E-state index contributed by atoms with van der Waals surface area (Å²) in [5.41, 5.74) is 2.82. The van der Waals surface area contributed by atoms with Crippen LogP contribution >= 0.6 is 35.6 Å². The van der Waals surface area contributed by atoms with E-state index in [4.69, 9.17) is 16.1 Å². The number of rotatable bonds is 6. The second-order valence-electron chi connectivity index (χ2n) is 6.20. The highest BCUT2D eigenvalue weighted by atomic mass is 127. The maximum atomic E-state index is 13.2. The number of hydrogen-bond donors (Lipinski definition) is 2. The molecule has 0 aliphatic rings. The molecular weight excluding hydrogens is 508 g/mol. The van der Waals surface area contributed by atoms with E-state index >= 15 is 0 Å². The van der Waals surface area contributed by atoms with Gasteiger partial charge in [0, 0.05) is 24.2 Å². The van der Waals surface area contributed by atoms with Crippen LogP contribution in [0.25, 0.3) is 11.4 Å². The lowest BCUT2D eigenvalue weighted by molar-refractivity contribution is 0.375. The second-order valence-corrected chi connectivity index (χ2v) is 6.63. The second kappa shape index (κ2) is 11.1. The van der Waals surface area contributed by atoms with Crippen LogP contribution in [0.4, 0.5) is 4.39 Å². The number of hydrogen-bond acceptors (Lipinski definition) is 4. The molecule has 0 unspecified atom stereocenters. The highest BCUT2D eigenvalue weighted by Crippen LogP contribution is 2.19. The molecule has 0 fully saturated rings. The zero-order valence-electron chi connectivity index (χ0n) is 16.1. The quantitative estimate of drug-likeness (QED) is 0.282. The van der Waals surface area contributed by atoms with Gasteiger partial charge >= 0.3 is 0 Å². The molecule has 154 valence electrons. The van der Waals surface area contributed by atoms with E-state index < -0.39 is 0 Å². The number of guanidine groups is 1. The maximum Gasteiger partial charge on any atom is 0.246 e. The zero-order valence-corrected chi connectivity index (χ0v) is 19.2. The van der Waals surface area contributed by atoms with Crippen molar-refractivity contribution < 1.29 is 8.91 Å². The van der Waals surface area contributed by atoms with Gasteiger partial charge in [-0.05, 0) is 48.7 Å². The predicted octanol–water partition coefficient (Wildman–Crippen LogP) is 4.36. The fourth-order valence-corrected chi connectivity index (χ4v) is 2.90. The molecule has 0 amide bonds. The lowest BCUT2D eigenvalue weighted by Gasteiger charge is -2.11. The molecule has 29 heavy (non-hydrogen) atoms. The number of halogens is 3. The molecular formula is C20H22ClFIN5O. The van der Waals surface area contributed by atoms with E-state index in [1.165, 1.54) is 12.1 Å². The molecule has 3 rings (SSSR count). The van der Waals surface area contributed by atoms with Gasteiger partial charge in [0.2, 0.25) is 11.7 Å². The average Bonchev–Trinajstić information content (AvgIpc) is 3.15. The smallest absolute Gasteiger partial charge is 0.246 e. The van der Waals surface area contributed by atoms with Crippen molar-refractivity contribution in [3.8, 4) is 11.4 Å². The molecule has 0 spiro atoms. The van der Waals surface area contributed by atoms with Gasteiger partial charge in [-0.3, -0.25) is 4.99 Å². The van der Waals surface area contributed by atoms with Crippen LogP contribution in [0, 0.1) is 12.7 Å². The van der Waals surface area contributed by atoms with Crippen LogP contribution in [0.3, 0.4) is 0 Å². The molecule has 0 atom stereocenters. The summed E-state index contributed by atoms with van der Waals surface area (Å²) < 4.78 is 18.4. The molecule has 0 aliphatic heterocycles. The number of nitrogens with one attached hydrogen (secondary N) is 2. The highest BCUT2D eigenvalue weighted by molar-refractivity contribution is 14.0. The topological polar surface area (TPSA) is 75.3 Å². The fourth-order valence-electron chi connectivity index (χ4n) is 2.71. The largest absolute Gasteiger partial charge is 0.356 e. The summed E-state index contributed by atoms with van der Waals surface area (Å²) in [4.78, 5) is 8.53. The highest BCUT2D eigenvalue weighted by Gasteiger charge is 2.09. The van der Waals surface area contributed by atoms with Crippen LogP contribution in [0.1, 0.15) is 17.0 Å². The van der Waals surface area contributed by atoms with Crippen LogP contribution in [0.5, 0.6) is 0 Å². The Hall–Kier alpha value is -2.20. The number of aryl methyl sites for hydroxylation is 1. The van der Waals surface area contributed by atoms with Crippen LogP contribution in [0.2, 0.25) is 5.02 Å². The van der Waals surface area contributed by atoms with E-state index in [2.05, 4.69) is 25.8 Å². The Bertz CT molecular complexity index is 979. The van der Waals surface area contributed by atoms with E-state index in [0.29, 0.717) is 35.8 Å². The van der Waals surface area contributed by atoms with E-state index in [-0.39, 0.29) is 29.8 Å². The lowest BCUT2D eigenvalue weighted by Crippen LogP contribution is -2.38. The van der Waals surface area contributed by atoms with Crippen LogP contribution in [-0.2, 0) is 13.0 Å². The Morgan fingerprint density at radius 2 is 2.03 bits per heavy atom. The number of aromatic nitrogens is 2.